The van der Waals surface area contributed by atoms with Crippen molar-refractivity contribution < 1.29 is 18.7 Å². The predicted molar refractivity (Wildman–Crippen MR) is 65.5 cm³/mol. The first-order valence-electron chi connectivity index (χ1n) is 4.84. The molecule has 0 atom stereocenters. The maximum absolute atomic E-state index is 13.7. The molecule has 0 spiro atoms. The largest absolute Gasteiger partial charge is 0.492 e. The van der Waals surface area contributed by atoms with Crippen LogP contribution in [0.3, 0.4) is 0 Å². The van der Waals surface area contributed by atoms with Gasteiger partial charge in [0.1, 0.15) is 0 Å². The van der Waals surface area contributed by atoms with Crippen molar-refractivity contribution in [1.82, 2.24) is 5.32 Å². The van der Waals surface area contributed by atoms with Crippen molar-refractivity contribution in [3.8, 4) is 11.5 Å². The molecule has 0 aliphatic rings. The van der Waals surface area contributed by atoms with Gasteiger partial charge in [-0.3, -0.25) is 4.79 Å². The molecule has 0 aliphatic carbocycles. The molecule has 17 heavy (non-hydrogen) atoms. The van der Waals surface area contributed by atoms with Crippen molar-refractivity contribution >= 4 is 21.7 Å². The second kappa shape index (κ2) is 5.97. The van der Waals surface area contributed by atoms with E-state index in [0.29, 0.717) is 0 Å². The van der Waals surface area contributed by atoms with E-state index in [0.717, 1.165) is 0 Å². The van der Waals surface area contributed by atoms with Crippen LogP contribution < -0.4 is 14.8 Å². The molecule has 0 unspecified atom stereocenters. The number of methoxy groups -OCH3 is 2. The summed E-state index contributed by atoms with van der Waals surface area (Å²) < 4.78 is 23.8. The van der Waals surface area contributed by atoms with Gasteiger partial charge in [0, 0.05) is 0 Å². The van der Waals surface area contributed by atoms with Crippen molar-refractivity contribution in [2.45, 2.75) is 0 Å². The number of ketones is 1. The van der Waals surface area contributed by atoms with E-state index in [1.165, 1.54) is 20.3 Å². The van der Waals surface area contributed by atoms with Gasteiger partial charge in [-0.25, -0.2) is 4.39 Å². The van der Waals surface area contributed by atoms with Crippen LogP contribution in [0, 0.1) is 5.82 Å². The highest BCUT2D eigenvalue weighted by Gasteiger charge is 2.22. The van der Waals surface area contributed by atoms with Gasteiger partial charge in [-0.2, -0.15) is 0 Å². The normalized spacial score (nSPS) is 10.2. The molecule has 1 aromatic carbocycles. The number of carbonyl (C=O) groups excluding carboxylic acids is 1. The first kappa shape index (κ1) is 13.9. The highest BCUT2D eigenvalue weighted by atomic mass is 79.9. The van der Waals surface area contributed by atoms with Crippen molar-refractivity contribution in [2.24, 2.45) is 0 Å². The molecular weight excluding hydrogens is 293 g/mol. The van der Waals surface area contributed by atoms with Crippen LogP contribution in [-0.4, -0.2) is 33.6 Å². The van der Waals surface area contributed by atoms with Gasteiger partial charge < -0.3 is 14.8 Å². The smallest absolute Gasteiger partial charge is 0.198 e. The topological polar surface area (TPSA) is 47.6 Å². The highest BCUT2D eigenvalue weighted by Crippen LogP contribution is 2.38. The number of benzene rings is 1. The Hall–Kier alpha value is -1.14. The summed E-state index contributed by atoms with van der Waals surface area (Å²) in [6.07, 6.45) is 0. The lowest BCUT2D eigenvalue weighted by atomic mass is 10.1. The Morgan fingerprint density at radius 2 is 2.00 bits per heavy atom. The molecule has 6 heteroatoms. The first-order chi connectivity index (χ1) is 8.06. The van der Waals surface area contributed by atoms with Crippen molar-refractivity contribution in [3.05, 3.63) is 21.9 Å². The van der Waals surface area contributed by atoms with E-state index in [1.54, 1.807) is 7.05 Å². The zero-order valence-electron chi connectivity index (χ0n) is 9.77. The zero-order valence-corrected chi connectivity index (χ0v) is 11.4. The second-order valence-corrected chi connectivity index (χ2v) is 4.09. The maximum atomic E-state index is 13.7. The Morgan fingerprint density at radius 1 is 1.41 bits per heavy atom. The molecule has 0 aromatic heterocycles. The van der Waals surface area contributed by atoms with Gasteiger partial charge in [0.15, 0.2) is 23.1 Å². The van der Waals surface area contributed by atoms with E-state index in [2.05, 4.69) is 21.2 Å². The van der Waals surface area contributed by atoms with E-state index < -0.39 is 5.82 Å². The van der Waals surface area contributed by atoms with Crippen LogP contribution in [0.25, 0.3) is 0 Å². The van der Waals surface area contributed by atoms with Crippen LogP contribution in [0.15, 0.2) is 10.5 Å². The third kappa shape index (κ3) is 2.76. The van der Waals surface area contributed by atoms with Gasteiger partial charge in [-0.15, -0.1) is 0 Å². The molecule has 0 amide bonds. The lowest BCUT2D eigenvalue weighted by Crippen LogP contribution is -2.19. The third-order valence-electron chi connectivity index (χ3n) is 2.18. The average Bonchev–Trinajstić information content (AvgIpc) is 2.32. The fourth-order valence-electron chi connectivity index (χ4n) is 1.43. The highest BCUT2D eigenvalue weighted by molar-refractivity contribution is 9.10. The summed E-state index contributed by atoms with van der Waals surface area (Å²) in [4.78, 5) is 11.8. The summed E-state index contributed by atoms with van der Waals surface area (Å²) in [6, 6.07) is 1.39. The molecule has 94 valence electrons. The lowest BCUT2D eigenvalue weighted by Gasteiger charge is -2.13. The van der Waals surface area contributed by atoms with Crippen LogP contribution in [0.4, 0.5) is 4.39 Å². The van der Waals surface area contributed by atoms with E-state index in [-0.39, 0.29) is 33.9 Å². The molecule has 1 aromatic rings. The Balaban J connectivity index is 3.39. The summed E-state index contributed by atoms with van der Waals surface area (Å²) >= 11 is 3.04. The average molecular weight is 306 g/mol. The fraction of sp³-hybridized carbons (Fsp3) is 0.364. The van der Waals surface area contributed by atoms with Gasteiger partial charge in [0.2, 0.25) is 0 Å². The Labute approximate surface area is 107 Å². The Kier molecular flexibility index (Phi) is 4.89. The van der Waals surface area contributed by atoms with E-state index in [4.69, 9.17) is 9.47 Å². The molecule has 0 radical (unpaired) electrons. The fourth-order valence-corrected chi connectivity index (χ4v) is 1.84. The van der Waals surface area contributed by atoms with E-state index >= 15 is 0 Å². The summed E-state index contributed by atoms with van der Waals surface area (Å²) in [5.74, 6) is -0.775. The van der Waals surface area contributed by atoms with E-state index in [9.17, 15) is 9.18 Å². The van der Waals surface area contributed by atoms with Gasteiger partial charge in [0.25, 0.3) is 0 Å². The summed E-state index contributed by atoms with van der Waals surface area (Å²) in [7, 11) is 4.33. The predicted octanol–water partition coefficient (Wildman–Crippen LogP) is 2.01. The molecule has 0 saturated carbocycles. The monoisotopic (exact) mass is 305 g/mol. The van der Waals surface area contributed by atoms with Crippen LogP contribution >= 0.6 is 15.9 Å². The van der Waals surface area contributed by atoms with Crippen molar-refractivity contribution in [2.75, 3.05) is 27.8 Å². The number of halogens is 2. The summed E-state index contributed by atoms with van der Waals surface area (Å²) in [6.45, 7) is 0.136. The molecule has 4 nitrogen and oxygen atoms in total. The van der Waals surface area contributed by atoms with Gasteiger partial charge >= 0.3 is 0 Å². The SMILES string of the molecule is CNCC(=O)c1cc(Br)c(F)c(OC)c1OC. The Morgan fingerprint density at radius 3 is 2.47 bits per heavy atom. The molecule has 1 rings (SSSR count). The zero-order chi connectivity index (χ0) is 13.0. The van der Waals surface area contributed by atoms with Crippen LogP contribution in [-0.2, 0) is 0 Å². The number of hydrogen-bond donors (Lipinski definition) is 1. The summed E-state index contributed by atoms with van der Waals surface area (Å²) in [5, 5.41) is 2.73. The first-order valence-corrected chi connectivity index (χ1v) is 5.63. The van der Waals surface area contributed by atoms with Crippen molar-refractivity contribution in [3.63, 3.8) is 0 Å². The number of hydrogen-bond acceptors (Lipinski definition) is 4. The second-order valence-electron chi connectivity index (χ2n) is 3.24. The minimum Gasteiger partial charge on any atom is -0.492 e. The maximum Gasteiger partial charge on any atom is 0.198 e. The van der Waals surface area contributed by atoms with Gasteiger partial charge in [0.05, 0.1) is 30.8 Å². The molecule has 0 saturated heterocycles. The quantitative estimate of drug-likeness (QED) is 0.845. The summed E-state index contributed by atoms with van der Waals surface area (Å²) in [5.41, 5.74) is 0.270. The number of nitrogens with one attached hydrogen (secondary N) is 1. The standard InChI is InChI=1S/C11H13BrFNO3/c1-14-5-8(15)6-4-7(12)9(13)11(17-3)10(6)16-2/h4,14H,5H2,1-3H3. The van der Waals surface area contributed by atoms with E-state index in [1.807, 2.05) is 0 Å². The number of likely N-dealkylation sites (N-methyl/N-ethyl adjacent to an activating group) is 1. The number of rotatable bonds is 5. The number of carbonyl (C=O) groups is 1. The molecule has 0 bridgehead atoms. The number of ether oxygens (including phenoxy) is 2. The lowest BCUT2D eigenvalue weighted by molar-refractivity contribution is 0.0989. The van der Waals surface area contributed by atoms with Crippen LogP contribution in [0.2, 0.25) is 0 Å². The minimum absolute atomic E-state index is 0.0821. The minimum atomic E-state index is -0.592. The Bertz CT molecular complexity index is 437. The van der Waals surface area contributed by atoms with Crippen LogP contribution in [0.5, 0.6) is 11.5 Å². The molecule has 0 heterocycles. The van der Waals surface area contributed by atoms with Gasteiger partial charge in [-0.1, -0.05) is 0 Å². The van der Waals surface area contributed by atoms with Crippen LogP contribution in [0.1, 0.15) is 10.4 Å². The molecule has 0 fully saturated rings. The third-order valence-corrected chi connectivity index (χ3v) is 2.75. The number of Topliss-reactive ketones (excluding diaryl/α,β-unsaturated/α-hetero) is 1. The molecular formula is C11H13BrFNO3. The molecule has 0 aliphatic heterocycles. The van der Waals surface area contributed by atoms with Crippen molar-refractivity contribution in [1.29, 1.82) is 0 Å². The molecule has 1 N–H and O–H groups in total. The van der Waals surface area contributed by atoms with Gasteiger partial charge in [-0.05, 0) is 29.0 Å².